The number of carbonyl (C=O) groups is 1. The molecule has 0 saturated heterocycles. The molecule has 0 saturated carbocycles. The van der Waals surface area contributed by atoms with E-state index >= 15 is 0 Å². The van der Waals surface area contributed by atoms with Gasteiger partial charge in [0.2, 0.25) is 0 Å². The van der Waals surface area contributed by atoms with Gasteiger partial charge in [-0.25, -0.2) is 0 Å². The topological polar surface area (TPSA) is 56.0 Å². The highest BCUT2D eigenvalue weighted by Gasteiger charge is 2.34. The fraction of sp³-hybridized carbons (Fsp3) is 0.143. The molecule has 0 radical (unpaired) electrons. The van der Waals surface area contributed by atoms with Crippen molar-refractivity contribution in [2.45, 2.75) is 12.7 Å². The summed E-state index contributed by atoms with van der Waals surface area (Å²) in [7, 11) is 0. The van der Waals surface area contributed by atoms with Gasteiger partial charge in [-0.05, 0) is 18.2 Å². The van der Waals surface area contributed by atoms with Crippen molar-refractivity contribution in [1.29, 1.82) is 0 Å². The maximum absolute atomic E-state index is 12.9. The Bertz CT molecular complexity index is 638. The van der Waals surface area contributed by atoms with Crippen molar-refractivity contribution in [3.05, 3.63) is 65.0 Å². The van der Waals surface area contributed by atoms with Crippen LogP contribution in [0.25, 0.3) is 0 Å². The molecule has 0 bridgehead atoms. The summed E-state index contributed by atoms with van der Waals surface area (Å²) in [4.78, 5) is 16.1. The number of carbonyl (C=O) groups excluding carboxylic acids is 1. The number of benzene rings is 1. The average molecular weight is 280 g/mol. The number of ketones is 1. The third-order valence-electron chi connectivity index (χ3n) is 2.76. The van der Waals surface area contributed by atoms with Gasteiger partial charge in [0, 0.05) is 23.9 Å². The summed E-state index contributed by atoms with van der Waals surface area (Å²) < 4.78 is 38.7. The van der Waals surface area contributed by atoms with E-state index in [9.17, 15) is 18.0 Å². The molecule has 0 fully saturated rings. The minimum Gasteiger partial charge on any atom is -0.325 e. The summed E-state index contributed by atoms with van der Waals surface area (Å²) in [6, 6.07) is 7.46. The molecule has 0 aliphatic heterocycles. The third kappa shape index (κ3) is 2.85. The van der Waals surface area contributed by atoms with Gasteiger partial charge in [0.15, 0.2) is 5.78 Å². The Hall–Kier alpha value is -2.21. The molecule has 1 aromatic carbocycles. The van der Waals surface area contributed by atoms with E-state index in [2.05, 4.69) is 4.98 Å². The molecule has 0 amide bonds. The molecule has 0 spiro atoms. The highest BCUT2D eigenvalue weighted by Crippen LogP contribution is 2.32. The van der Waals surface area contributed by atoms with Crippen molar-refractivity contribution < 1.29 is 18.0 Å². The first kappa shape index (κ1) is 14.2. The third-order valence-corrected chi connectivity index (χ3v) is 2.76. The van der Waals surface area contributed by atoms with E-state index in [1.165, 1.54) is 30.5 Å². The number of aromatic nitrogens is 1. The number of rotatable bonds is 3. The van der Waals surface area contributed by atoms with Crippen LogP contribution in [0.3, 0.4) is 0 Å². The summed E-state index contributed by atoms with van der Waals surface area (Å²) in [6.07, 6.45) is -3.22. The summed E-state index contributed by atoms with van der Waals surface area (Å²) in [5.41, 5.74) is 4.66. The SMILES string of the molecule is NCc1cc(C(=O)c2ccccc2C(F)(F)F)ccn1. The maximum atomic E-state index is 12.9. The van der Waals surface area contributed by atoms with Crippen molar-refractivity contribution in [3.8, 4) is 0 Å². The maximum Gasteiger partial charge on any atom is 0.417 e. The molecule has 6 heteroatoms. The van der Waals surface area contributed by atoms with E-state index in [0.29, 0.717) is 5.69 Å². The van der Waals surface area contributed by atoms with Crippen LogP contribution in [0.1, 0.15) is 27.2 Å². The summed E-state index contributed by atoms with van der Waals surface area (Å²) in [5.74, 6) is -0.699. The van der Waals surface area contributed by atoms with Crippen LogP contribution in [0, 0.1) is 0 Å². The van der Waals surface area contributed by atoms with E-state index in [4.69, 9.17) is 5.73 Å². The number of nitrogens with two attached hydrogens (primary N) is 1. The predicted molar refractivity (Wildman–Crippen MR) is 67.0 cm³/mol. The molecular weight excluding hydrogens is 269 g/mol. The Labute approximate surface area is 113 Å². The molecule has 104 valence electrons. The van der Waals surface area contributed by atoms with Crippen LogP contribution in [0.15, 0.2) is 42.6 Å². The predicted octanol–water partition coefficient (Wildman–Crippen LogP) is 2.79. The lowest BCUT2D eigenvalue weighted by atomic mass is 9.98. The van der Waals surface area contributed by atoms with Crippen LogP contribution in [0.5, 0.6) is 0 Å². The van der Waals surface area contributed by atoms with Gasteiger partial charge in [-0.1, -0.05) is 18.2 Å². The zero-order valence-corrected chi connectivity index (χ0v) is 10.3. The number of hydrogen-bond donors (Lipinski definition) is 1. The minimum atomic E-state index is -4.57. The Morgan fingerprint density at radius 2 is 1.90 bits per heavy atom. The molecule has 0 unspecified atom stereocenters. The van der Waals surface area contributed by atoms with Gasteiger partial charge in [-0.2, -0.15) is 13.2 Å². The first-order valence-electron chi connectivity index (χ1n) is 5.79. The molecular formula is C14H11F3N2O. The second-order valence-corrected chi connectivity index (χ2v) is 4.11. The van der Waals surface area contributed by atoms with Crippen LogP contribution in [-0.2, 0) is 12.7 Å². The van der Waals surface area contributed by atoms with Gasteiger partial charge in [0.25, 0.3) is 0 Å². The van der Waals surface area contributed by atoms with E-state index < -0.39 is 17.5 Å². The minimum absolute atomic E-state index is 0.113. The molecule has 0 aliphatic rings. The van der Waals surface area contributed by atoms with Gasteiger partial charge in [0.05, 0.1) is 11.3 Å². The fourth-order valence-corrected chi connectivity index (χ4v) is 1.81. The van der Waals surface area contributed by atoms with Gasteiger partial charge in [-0.15, -0.1) is 0 Å². The molecule has 0 aliphatic carbocycles. The number of alkyl halides is 3. The Kier molecular flexibility index (Phi) is 3.85. The zero-order valence-electron chi connectivity index (χ0n) is 10.3. The lowest BCUT2D eigenvalue weighted by Crippen LogP contribution is -2.14. The van der Waals surface area contributed by atoms with Crippen molar-refractivity contribution >= 4 is 5.78 Å². The first-order valence-corrected chi connectivity index (χ1v) is 5.79. The smallest absolute Gasteiger partial charge is 0.325 e. The molecule has 2 N–H and O–H groups in total. The largest absolute Gasteiger partial charge is 0.417 e. The summed E-state index contributed by atoms with van der Waals surface area (Å²) >= 11 is 0. The number of nitrogens with zero attached hydrogens (tertiary/aromatic N) is 1. The lowest BCUT2D eigenvalue weighted by Gasteiger charge is -2.12. The average Bonchev–Trinajstić information content (AvgIpc) is 2.45. The lowest BCUT2D eigenvalue weighted by molar-refractivity contribution is -0.137. The van der Waals surface area contributed by atoms with Crippen molar-refractivity contribution in [2.24, 2.45) is 5.73 Å². The second kappa shape index (κ2) is 5.42. The van der Waals surface area contributed by atoms with Crippen molar-refractivity contribution in [2.75, 3.05) is 0 Å². The summed E-state index contributed by atoms with van der Waals surface area (Å²) in [6.45, 7) is 0.113. The number of halogens is 3. The summed E-state index contributed by atoms with van der Waals surface area (Å²) in [5, 5.41) is 0. The number of hydrogen-bond acceptors (Lipinski definition) is 3. The van der Waals surface area contributed by atoms with E-state index in [1.54, 1.807) is 0 Å². The van der Waals surface area contributed by atoms with Crippen LogP contribution in [-0.4, -0.2) is 10.8 Å². The van der Waals surface area contributed by atoms with E-state index in [1.807, 2.05) is 0 Å². The van der Waals surface area contributed by atoms with Crippen LogP contribution < -0.4 is 5.73 Å². The van der Waals surface area contributed by atoms with Crippen molar-refractivity contribution in [1.82, 2.24) is 4.98 Å². The first-order chi connectivity index (χ1) is 9.43. The molecule has 1 heterocycles. The fourth-order valence-electron chi connectivity index (χ4n) is 1.81. The van der Waals surface area contributed by atoms with Gasteiger partial charge >= 0.3 is 6.18 Å². The second-order valence-electron chi connectivity index (χ2n) is 4.11. The normalized spacial score (nSPS) is 11.4. The van der Waals surface area contributed by atoms with Crippen LogP contribution >= 0.6 is 0 Å². The van der Waals surface area contributed by atoms with E-state index in [0.717, 1.165) is 12.1 Å². The highest BCUT2D eigenvalue weighted by atomic mass is 19.4. The molecule has 2 aromatic rings. The standard InChI is InChI=1S/C14H11F3N2O/c15-14(16,17)12-4-2-1-3-11(12)13(20)9-5-6-19-10(7-9)8-18/h1-7H,8,18H2. The molecule has 3 nitrogen and oxygen atoms in total. The molecule has 20 heavy (non-hydrogen) atoms. The number of pyridine rings is 1. The Morgan fingerprint density at radius 1 is 1.20 bits per heavy atom. The molecule has 0 atom stereocenters. The van der Waals surface area contributed by atoms with Gasteiger partial charge in [-0.3, -0.25) is 9.78 Å². The van der Waals surface area contributed by atoms with Crippen LogP contribution in [0.4, 0.5) is 13.2 Å². The van der Waals surface area contributed by atoms with Gasteiger partial charge < -0.3 is 5.73 Å². The van der Waals surface area contributed by atoms with Gasteiger partial charge in [0.1, 0.15) is 0 Å². The zero-order chi connectivity index (χ0) is 14.8. The Balaban J connectivity index is 2.48. The van der Waals surface area contributed by atoms with Crippen molar-refractivity contribution in [3.63, 3.8) is 0 Å². The van der Waals surface area contributed by atoms with E-state index in [-0.39, 0.29) is 17.7 Å². The monoisotopic (exact) mass is 280 g/mol. The van der Waals surface area contributed by atoms with Crippen LogP contribution in [0.2, 0.25) is 0 Å². The molecule has 2 rings (SSSR count). The highest BCUT2D eigenvalue weighted by molar-refractivity contribution is 6.10. The Morgan fingerprint density at radius 3 is 2.55 bits per heavy atom. The molecule has 1 aromatic heterocycles. The quantitative estimate of drug-likeness (QED) is 0.879.